The van der Waals surface area contributed by atoms with Crippen molar-refractivity contribution in [1.82, 2.24) is 10.2 Å². The first-order valence-corrected chi connectivity index (χ1v) is 7.98. The molecule has 0 saturated carbocycles. The summed E-state index contributed by atoms with van der Waals surface area (Å²) < 4.78 is 0.611. The van der Waals surface area contributed by atoms with Crippen LogP contribution in [0.15, 0.2) is 54.7 Å². The van der Waals surface area contributed by atoms with E-state index in [9.17, 15) is 10.0 Å². The summed E-state index contributed by atoms with van der Waals surface area (Å²) in [6.07, 6.45) is 3.34. The van der Waals surface area contributed by atoms with Crippen molar-refractivity contribution in [2.24, 2.45) is 0 Å². The van der Waals surface area contributed by atoms with E-state index in [4.69, 9.17) is 0 Å². The molecule has 23 heavy (non-hydrogen) atoms. The third-order valence-corrected chi connectivity index (χ3v) is 4.15. The topological polar surface area (TPSA) is 59.3 Å². The third-order valence-electron chi connectivity index (χ3n) is 4.15. The molecule has 5 heteroatoms. The lowest BCUT2D eigenvalue weighted by Gasteiger charge is -2.33. The first-order valence-electron chi connectivity index (χ1n) is 7.98. The molecule has 0 unspecified atom stereocenters. The van der Waals surface area contributed by atoms with E-state index in [1.807, 2.05) is 18.2 Å². The Morgan fingerprint density at radius 2 is 2.00 bits per heavy atom. The molecule has 0 aliphatic carbocycles. The first kappa shape index (κ1) is 15.5. The molecule has 2 aromatic rings. The van der Waals surface area contributed by atoms with E-state index in [0.29, 0.717) is 4.73 Å². The third kappa shape index (κ3) is 4.07. The zero-order chi connectivity index (χ0) is 16.1. The van der Waals surface area contributed by atoms with Gasteiger partial charge in [-0.1, -0.05) is 30.3 Å². The molecule has 1 aromatic heterocycles. The highest BCUT2D eigenvalue weighted by molar-refractivity contribution is 5.91. The number of likely N-dealkylation sites (tertiary alicyclic amines) is 1. The van der Waals surface area contributed by atoms with Crippen LogP contribution in [0, 0.1) is 5.21 Å². The van der Waals surface area contributed by atoms with Crippen molar-refractivity contribution in [3.05, 3.63) is 71.2 Å². The van der Waals surface area contributed by atoms with Gasteiger partial charge in [0, 0.05) is 31.3 Å². The predicted octanol–water partition coefficient (Wildman–Crippen LogP) is 1.71. The Morgan fingerprint density at radius 1 is 1.22 bits per heavy atom. The van der Waals surface area contributed by atoms with E-state index in [1.54, 1.807) is 18.2 Å². The van der Waals surface area contributed by atoms with E-state index in [0.717, 1.165) is 32.5 Å². The fourth-order valence-electron chi connectivity index (χ4n) is 3.02. The summed E-state index contributed by atoms with van der Waals surface area (Å²) in [6.45, 7) is 2.74. The Bertz CT molecular complexity index is 660. The summed E-state index contributed by atoms with van der Waals surface area (Å²) >= 11 is 0. The molecule has 1 atom stereocenters. The van der Waals surface area contributed by atoms with E-state index >= 15 is 0 Å². The average Bonchev–Trinajstić information content (AvgIpc) is 2.56. The number of carbonyl (C=O) groups excluding carboxylic acids is 1. The van der Waals surface area contributed by atoms with Gasteiger partial charge >= 0.3 is 5.91 Å². The number of amides is 1. The van der Waals surface area contributed by atoms with Crippen molar-refractivity contribution >= 4 is 5.91 Å². The molecule has 1 aliphatic heterocycles. The van der Waals surface area contributed by atoms with Crippen LogP contribution >= 0.6 is 0 Å². The van der Waals surface area contributed by atoms with Gasteiger partial charge in [-0.2, -0.15) is 4.73 Å². The Labute approximate surface area is 136 Å². The normalized spacial score (nSPS) is 18.5. The summed E-state index contributed by atoms with van der Waals surface area (Å²) in [6, 6.07) is 15.3. The van der Waals surface area contributed by atoms with Gasteiger partial charge in [-0.25, -0.2) is 0 Å². The summed E-state index contributed by atoms with van der Waals surface area (Å²) in [4.78, 5) is 14.6. The molecular formula is C18H21N3O2. The molecule has 120 valence electrons. The van der Waals surface area contributed by atoms with Crippen molar-refractivity contribution in [2.75, 3.05) is 13.1 Å². The van der Waals surface area contributed by atoms with Crippen LogP contribution in [0.2, 0.25) is 0 Å². The maximum atomic E-state index is 12.2. The Morgan fingerprint density at radius 3 is 2.78 bits per heavy atom. The lowest BCUT2D eigenvalue weighted by molar-refractivity contribution is -0.607. The van der Waals surface area contributed by atoms with Crippen LogP contribution in [0.5, 0.6) is 0 Å². The fourth-order valence-corrected chi connectivity index (χ4v) is 3.02. The van der Waals surface area contributed by atoms with Gasteiger partial charge in [-0.05, 0) is 31.0 Å². The van der Waals surface area contributed by atoms with Crippen molar-refractivity contribution < 1.29 is 9.52 Å². The minimum atomic E-state index is -0.299. The Kier molecular flexibility index (Phi) is 4.88. The van der Waals surface area contributed by atoms with Gasteiger partial charge in [0.25, 0.3) is 5.69 Å². The van der Waals surface area contributed by atoms with Crippen molar-refractivity contribution in [3.63, 3.8) is 0 Å². The van der Waals surface area contributed by atoms with Crippen LogP contribution in [0.25, 0.3) is 0 Å². The van der Waals surface area contributed by atoms with Gasteiger partial charge in [0.1, 0.15) is 0 Å². The number of nitrogens with one attached hydrogen (secondary N) is 1. The molecule has 1 N–H and O–H groups in total. The molecule has 0 radical (unpaired) electrons. The number of carbonyl (C=O) groups is 1. The van der Waals surface area contributed by atoms with Crippen LogP contribution in [-0.2, 0) is 6.54 Å². The second-order valence-corrected chi connectivity index (χ2v) is 5.95. The summed E-state index contributed by atoms with van der Waals surface area (Å²) in [7, 11) is 0. The Balaban J connectivity index is 1.58. The van der Waals surface area contributed by atoms with Crippen molar-refractivity contribution in [3.8, 4) is 0 Å². The maximum Gasteiger partial charge on any atom is 0.317 e. The predicted molar refractivity (Wildman–Crippen MR) is 87.6 cm³/mol. The van der Waals surface area contributed by atoms with Gasteiger partial charge in [-0.3, -0.25) is 9.69 Å². The zero-order valence-electron chi connectivity index (χ0n) is 13.0. The minimum Gasteiger partial charge on any atom is -0.618 e. The van der Waals surface area contributed by atoms with E-state index in [1.165, 1.54) is 11.8 Å². The van der Waals surface area contributed by atoms with E-state index < -0.39 is 0 Å². The zero-order valence-corrected chi connectivity index (χ0v) is 13.0. The second-order valence-electron chi connectivity index (χ2n) is 5.95. The SMILES string of the molecule is O=C(N[C@H]1CCCN(Cc2ccccc2)C1)c1cccc[n+]1[O-]. The summed E-state index contributed by atoms with van der Waals surface area (Å²) in [5, 5.41) is 14.6. The Hall–Kier alpha value is -2.40. The molecule has 1 amide bonds. The van der Waals surface area contributed by atoms with E-state index in [-0.39, 0.29) is 17.6 Å². The van der Waals surface area contributed by atoms with Crippen LogP contribution in [0.1, 0.15) is 28.9 Å². The maximum absolute atomic E-state index is 12.2. The van der Waals surface area contributed by atoms with Gasteiger partial charge in [0.05, 0.1) is 0 Å². The van der Waals surface area contributed by atoms with Crippen LogP contribution in [0.3, 0.4) is 0 Å². The second kappa shape index (κ2) is 7.24. The number of hydrogen-bond donors (Lipinski definition) is 1. The van der Waals surface area contributed by atoms with Crippen LogP contribution in [0.4, 0.5) is 0 Å². The van der Waals surface area contributed by atoms with Gasteiger partial charge in [0.2, 0.25) is 0 Å². The molecule has 0 spiro atoms. The van der Waals surface area contributed by atoms with Gasteiger partial charge < -0.3 is 10.5 Å². The molecular weight excluding hydrogens is 290 g/mol. The highest BCUT2D eigenvalue weighted by Gasteiger charge is 2.24. The molecule has 0 bridgehead atoms. The van der Waals surface area contributed by atoms with Crippen LogP contribution < -0.4 is 10.0 Å². The molecule has 1 saturated heterocycles. The summed E-state index contributed by atoms with van der Waals surface area (Å²) in [5.74, 6) is -0.299. The smallest absolute Gasteiger partial charge is 0.317 e. The minimum absolute atomic E-state index is 0.0835. The lowest BCUT2D eigenvalue weighted by Crippen LogP contribution is -2.49. The number of nitrogens with zero attached hydrogens (tertiary/aromatic N) is 2. The number of piperidine rings is 1. The fraction of sp³-hybridized carbons (Fsp3) is 0.333. The molecule has 5 nitrogen and oxygen atoms in total. The van der Waals surface area contributed by atoms with Gasteiger partial charge in [-0.15, -0.1) is 0 Å². The standard InChI is InChI=1S/C18H21N3O2/c22-18(17-10-4-5-12-21(17)23)19-16-9-6-11-20(14-16)13-15-7-2-1-3-8-15/h1-5,7-8,10,12,16H,6,9,11,13-14H2,(H,19,22)/t16-/m0/s1. The lowest BCUT2D eigenvalue weighted by atomic mass is 10.0. The number of benzene rings is 1. The van der Waals surface area contributed by atoms with Gasteiger partial charge in [0.15, 0.2) is 6.20 Å². The molecule has 2 heterocycles. The molecule has 1 aliphatic rings. The van der Waals surface area contributed by atoms with E-state index in [2.05, 4.69) is 22.3 Å². The highest BCUT2D eigenvalue weighted by atomic mass is 16.5. The number of pyridine rings is 1. The quantitative estimate of drug-likeness (QED) is 0.691. The number of hydrogen-bond acceptors (Lipinski definition) is 3. The largest absolute Gasteiger partial charge is 0.618 e. The van der Waals surface area contributed by atoms with Crippen LogP contribution in [-0.4, -0.2) is 29.9 Å². The molecule has 3 rings (SSSR count). The monoisotopic (exact) mass is 311 g/mol. The first-order chi connectivity index (χ1) is 11.2. The number of rotatable bonds is 4. The molecule has 1 fully saturated rings. The highest BCUT2D eigenvalue weighted by Crippen LogP contribution is 2.14. The van der Waals surface area contributed by atoms with Crippen molar-refractivity contribution in [1.29, 1.82) is 0 Å². The average molecular weight is 311 g/mol. The summed E-state index contributed by atoms with van der Waals surface area (Å²) in [5.41, 5.74) is 1.42. The van der Waals surface area contributed by atoms with Crippen molar-refractivity contribution in [2.45, 2.75) is 25.4 Å². The number of aromatic nitrogens is 1. The molecule has 1 aromatic carbocycles.